The van der Waals surface area contributed by atoms with Crippen LogP contribution in [0.15, 0.2) is 79.1 Å². The van der Waals surface area contributed by atoms with Crippen LogP contribution in [0, 0.1) is 0 Å². The van der Waals surface area contributed by atoms with Crippen molar-refractivity contribution < 1.29 is 19.5 Å². The number of fused-ring (bicyclic) bond motifs is 8. The Morgan fingerprint density at radius 1 is 0.484 bits per heavy atom. The normalized spacial score (nSPS) is 11.4. The molecule has 6 rings (SSSR count). The van der Waals surface area contributed by atoms with Gasteiger partial charge in [-0.1, -0.05) is 6.07 Å². The quantitative estimate of drug-likeness (QED) is 0.288. The summed E-state index contributed by atoms with van der Waals surface area (Å²) in [6.07, 6.45) is 11.5. The molecule has 0 saturated heterocycles. The van der Waals surface area contributed by atoms with Crippen LogP contribution in [0.4, 0.5) is 0 Å². The molecule has 0 spiro atoms. The van der Waals surface area contributed by atoms with E-state index < -0.39 is 0 Å². The van der Waals surface area contributed by atoms with E-state index in [1.165, 1.54) is 0 Å². The molecular formula is C25H19N5Zn+2. The molecular weight excluding hydrogens is 436 g/mol. The Bertz CT molecular complexity index is 1280. The number of pyridine rings is 1. The SMILES string of the molecule is C1=Cc2cc3ccc(cc4ccc(cc5nc(cc1n2)C=C5)[nH]4)[nH]3.[Zn+2].c1ccncc1. The first-order chi connectivity index (χ1) is 14.8. The summed E-state index contributed by atoms with van der Waals surface area (Å²) < 4.78 is 0. The van der Waals surface area contributed by atoms with Crippen LogP contribution < -0.4 is 0 Å². The van der Waals surface area contributed by atoms with Gasteiger partial charge in [0.15, 0.2) is 0 Å². The van der Waals surface area contributed by atoms with Crippen molar-refractivity contribution in [3.05, 3.63) is 102 Å². The smallest absolute Gasteiger partial charge is 0.355 e. The molecule has 8 bridgehead atoms. The summed E-state index contributed by atoms with van der Waals surface area (Å²) >= 11 is 0. The van der Waals surface area contributed by atoms with Gasteiger partial charge in [0.05, 0.1) is 22.8 Å². The summed E-state index contributed by atoms with van der Waals surface area (Å²) in [5.41, 5.74) is 7.86. The zero-order valence-corrected chi connectivity index (χ0v) is 19.8. The minimum absolute atomic E-state index is 0. The van der Waals surface area contributed by atoms with Crippen molar-refractivity contribution in [3.8, 4) is 0 Å². The average molecular weight is 455 g/mol. The molecule has 0 fully saturated rings. The Balaban J connectivity index is 0.000000288. The first kappa shape index (κ1) is 20.6. The molecule has 2 N–H and O–H groups in total. The van der Waals surface area contributed by atoms with E-state index in [-0.39, 0.29) is 19.5 Å². The Hall–Kier alpha value is -3.63. The van der Waals surface area contributed by atoms with Crippen LogP contribution in [0.1, 0.15) is 22.8 Å². The van der Waals surface area contributed by atoms with Crippen LogP contribution in [0.25, 0.3) is 46.4 Å². The fraction of sp³-hybridized carbons (Fsp3) is 0. The molecule has 2 aliphatic rings. The average Bonchev–Trinajstić information content (AvgIpc) is 3.56. The largest absolute Gasteiger partial charge is 2.00 e. The van der Waals surface area contributed by atoms with Crippen LogP contribution in [0.2, 0.25) is 0 Å². The monoisotopic (exact) mass is 453 g/mol. The van der Waals surface area contributed by atoms with Crippen molar-refractivity contribution in [1.82, 2.24) is 24.9 Å². The van der Waals surface area contributed by atoms with Gasteiger partial charge in [-0.25, -0.2) is 9.97 Å². The molecule has 6 heterocycles. The number of hydrogen-bond acceptors (Lipinski definition) is 3. The number of nitrogens with one attached hydrogen (secondary N) is 2. The van der Waals surface area contributed by atoms with Crippen molar-refractivity contribution in [2.75, 3.05) is 0 Å². The number of hydrogen-bond donors (Lipinski definition) is 2. The van der Waals surface area contributed by atoms with Crippen molar-refractivity contribution in [2.24, 2.45) is 0 Å². The van der Waals surface area contributed by atoms with Gasteiger partial charge >= 0.3 is 19.5 Å². The molecule has 2 aliphatic heterocycles. The number of aromatic nitrogens is 5. The Morgan fingerprint density at radius 2 is 0.903 bits per heavy atom. The zero-order valence-electron chi connectivity index (χ0n) is 16.9. The van der Waals surface area contributed by atoms with Gasteiger partial charge in [-0.2, -0.15) is 0 Å². The maximum atomic E-state index is 4.62. The fourth-order valence-electron chi connectivity index (χ4n) is 3.26. The zero-order chi connectivity index (χ0) is 20.2. The van der Waals surface area contributed by atoms with Gasteiger partial charge in [0.1, 0.15) is 0 Å². The van der Waals surface area contributed by atoms with E-state index in [4.69, 9.17) is 0 Å². The predicted octanol–water partition coefficient (Wildman–Crippen LogP) is 5.73. The summed E-state index contributed by atoms with van der Waals surface area (Å²) in [4.78, 5) is 19.8. The van der Waals surface area contributed by atoms with Gasteiger partial charge in [0, 0.05) is 34.5 Å². The van der Waals surface area contributed by atoms with Crippen LogP contribution in [0.3, 0.4) is 0 Å². The molecule has 0 aromatic carbocycles. The van der Waals surface area contributed by atoms with E-state index in [2.05, 4.69) is 55.3 Å². The second-order valence-corrected chi connectivity index (χ2v) is 6.93. The first-order valence-electron chi connectivity index (χ1n) is 9.70. The van der Waals surface area contributed by atoms with Gasteiger partial charge in [-0.15, -0.1) is 0 Å². The predicted molar refractivity (Wildman–Crippen MR) is 123 cm³/mol. The van der Waals surface area contributed by atoms with Crippen molar-refractivity contribution in [3.63, 3.8) is 0 Å². The Labute approximate surface area is 192 Å². The van der Waals surface area contributed by atoms with Gasteiger partial charge in [0.2, 0.25) is 0 Å². The minimum Gasteiger partial charge on any atom is -0.355 e. The second-order valence-electron chi connectivity index (χ2n) is 6.93. The minimum atomic E-state index is 0. The van der Waals surface area contributed by atoms with Crippen LogP contribution in [0.5, 0.6) is 0 Å². The van der Waals surface area contributed by atoms with E-state index in [0.29, 0.717) is 0 Å². The standard InChI is InChI=1S/C20H14N4.C5H5N.Zn/c1-2-14-10-16-5-6-18(23-16)12-20-8-7-19(24-20)11-17-4-3-15(22-17)9-13(1)21-14;1-2-4-6-5-3-1;/h1-12,21-22H;1-5H;/q;;+2. The van der Waals surface area contributed by atoms with Crippen molar-refractivity contribution in [2.45, 2.75) is 0 Å². The van der Waals surface area contributed by atoms with E-state index in [0.717, 1.165) is 44.8 Å². The van der Waals surface area contributed by atoms with Crippen LogP contribution in [-0.2, 0) is 19.5 Å². The third kappa shape index (κ3) is 5.30. The van der Waals surface area contributed by atoms with Crippen LogP contribution >= 0.6 is 0 Å². The molecule has 6 heteroatoms. The summed E-state index contributed by atoms with van der Waals surface area (Å²) in [5, 5.41) is 0. The Morgan fingerprint density at radius 3 is 1.29 bits per heavy atom. The molecule has 0 amide bonds. The maximum Gasteiger partial charge on any atom is 2.00 e. The van der Waals surface area contributed by atoms with Gasteiger partial charge in [-0.3, -0.25) is 4.98 Å². The summed E-state index contributed by atoms with van der Waals surface area (Å²) in [6, 6.07) is 22.1. The number of H-pyrrole nitrogens is 2. The molecule has 144 valence electrons. The number of rotatable bonds is 0. The van der Waals surface area contributed by atoms with E-state index in [1.54, 1.807) is 12.4 Å². The van der Waals surface area contributed by atoms with Gasteiger partial charge in [-0.05, 0) is 85.0 Å². The van der Waals surface area contributed by atoms with Gasteiger partial charge < -0.3 is 9.97 Å². The van der Waals surface area contributed by atoms with E-state index >= 15 is 0 Å². The van der Waals surface area contributed by atoms with Crippen molar-refractivity contribution in [1.29, 1.82) is 0 Å². The molecule has 0 unspecified atom stereocenters. The molecule has 4 aromatic rings. The third-order valence-electron chi connectivity index (χ3n) is 4.61. The van der Waals surface area contributed by atoms with Crippen molar-refractivity contribution >= 4 is 46.4 Å². The summed E-state index contributed by atoms with van der Waals surface area (Å²) in [7, 11) is 0. The molecule has 0 saturated carbocycles. The first-order valence-corrected chi connectivity index (χ1v) is 9.70. The number of aromatic amines is 2. The van der Waals surface area contributed by atoms with E-state index in [1.807, 2.05) is 60.7 Å². The van der Waals surface area contributed by atoms with E-state index in [9.17, 15) is 0 Å². The second kappa shape index (κ2) is 9.46. The molecule has 5 nitrogen and oxygen atoms in total. The van der Waals surface area contributed by atoms with Gasteiger partial charge in [0.25, 0.3) is 0 Å². The summed E-state index contributed by atoms with van der Waals surface area (Å²) in [5.74, 6) is 0. The topological polar surface area (TPSA) is 70.2 Å². The third-order valence-corrected chi connectivity index (χ3v) is 4.61. The molecule has 4 aromatic heterocycles. The molecule has 0 atom stereocenters. The Kier molecular flexibility index (Phi) is 6.30. The molecule has 0 aliphatic carbocycles. The van der Waals surface area contributed by atoms with Crippen LogP contribution in [-0.4, -0.2) is 24.9 Å². The molecule has 31 heavy (non-hydrogen) atoms. The molecule has 0 radical (unpaired) electrons. The number of nitrogens with zero attached hydrogens (tertiary/aromatic N) is 3. The fourth-order valence-corrected chi connectivity index (χ4v) is 3.26. The summed E-state index contributed by atoms with van der Waals surface area (Å²) in [6.45, 7) is 0. The maximum absolute atomic E-state index is 4.62.